The average Bonchev–Trinajstić information content (AvgIpc) is 2.37. The molecule has 114 valence electrons. The molecule has 0 aliphatic carbocycles. The first-order chi connectivity index (χ1) is 9.85. The summed E-state index contributed by atoms with van der Waals surface area (Å²) in [6.45, 7) is 1.77. The summed E-state index contributed by atoms with van der Waals surface area (Å²) >= 11 is 0. The number of anilines is 1. The van der Waals surface area contributed by atoms with Crippen molar-refractivity contribution in [2.75, 3.05) is 5.32 Å². The maximum Gasteiger partial charge on any atom is 0.326 e. The van der Waals surface area contributed by atoms with Crippen LogP contribution in [0.3, 0.4) is 0 Å². The van der Waals surface area contributed by atoms with Crippen molar-refractivity contribution in [2.45, 2.75) is 25.8 Å². The molecule has 0 spiro atoms. The van der Waals surface area contributed by atoms with Gasteiger partial charge in [-0.3, -0.25) is 10.1 Å². The molecule has 0 saturated carbocycles. The lowest BCUT2D eigenvalue weighted by Crippen LogP contribution is -2.42. The molecule has 1 unspecified atom stereocenters. The first-order valence-corrected chi connectivity index (χ1v) is 6.09. The highest BCUT2D eigenvalue weighted by Gasteiger charge is 2.19. The van der Waals surface area contributed by atoms with Crippen molar-refractivity contribution in [3.05, 3.63) is 34.1 Å². The number of carboxylic acids is 1. The van der Waals surface area contributed by atoms with E-state index in [1.807, 2.05) is 0 Å². The van der Waals surface area contributed by atoms with Crippen LogP contribution in [0.15, 0.2) is 18.2 Å². The molecule has 0 heterocycles. The summed E-state index contributed by atoms with van der Waals surface area (Å²) in [4.78, 5) is 32.0. The fourth-order valence-electron chi connectivity index (χ4n) is 1.60. The number of nitro benzene ring substituents is 1. The van der Waals surface area contributed by atoms with Crippen LogP contribution in [0.5, 0.6) is 0 Å². The second kappa shape index (κ2) is 7.17. The van der Waals surface area contributed by atoms with Crippen molar-refractivity contribution < 1.29 is 24.0 Å². The van der Waals surface area contributed by atoms with E-state index in [1.54, 1.807) is 6.92 Å². The molecule has 0 aromatic heterocycles. The van der Waals surface area contributed by atoms with Gasteiger partial charge in [-0.1, -0.05) is 13.3 Å². The molecule has 2 amide bonds. The number of rotatable bonds is 6. The highest BCUT2D eigenvalue weighted by Crippen LogP contribution is 2.20. The summed E-state index contributed by atoms with van der Waals surface area (Å²) in [5.74, 6) is -2.27. The minimum atomic E-state index is -1.18. The summed E-state index contributed by atoms with van der Waals surface area (Å²) in [7, 11) is 0. The molecule has 1 aromatic carbocycles. The van der Waals surface area contributed by atoms with Crippen molar-refractivity contribution in [3.63, 3.8) is 0 Å². The second-order valence-corrected chi connectivity index (χ2v) is 4.20. The van der Waals surface area contributed by atoms with Crippen LogP contribution in [0.25, 0.3) is 0 Å². The summed E-state index contributed by atoms with van der Waals surface area (Å²) in [5.41, 5.74) is -0.730. The Kier molecular flexibility index (Phi) is 5.58. The zero-order valence-corrected chi connectivity index (χ0v) is 11.1. The number of amides is 2. The number of aliphatic carboxylic acids is 1. The summed E-state index contributed by atoms with van der Waals surface area (Å²) in [6.07, 6.45) is 0.806. The van der Waals surface area contributed by atoms with Crippen molar-refractivity contribution in [2.24, 2.45) is 0 Å². The van der Waals surface area contributed by atoms with Crippen LogP contribution in [-0.4, -0.2) is 28.1 Å². The average molecular weight is 299 g/mol. The van der Waals surface area contributed by atoms with E-state index in [4.69, 9.17) is 5.11 Å². The van der Waals surface area contributed by atoms with Crippen LogP contribution in [0, 0.1) is 15.9 Å². The smallest absolute Gasteiger partial charge is 0.326 e. The van der Waals surface area contributed by atoms with Gasteiger partial charge in [0.15, 0.2) is 0 Å². The van der Waals surface area contributed by atoms with Crippen LogP contribution in [0.1, 0.15) is 19.8 Å². The lowest BCUT2D eigenvalue weighted by molar-refractivity contribution is -0.387. The van der Waals surface area contributed by atoms with Gasteiger partial charge < -0.3 is 15.7 Å². The van der Waals surface area contributed by atoms with E-state index in [-0.39, 0.29) is 12.1 Å². The standard InChI is InChI=1S/C12H14FN3O5/c1-2-3-9(11(17)18)15-12(19)14-7-4-5-10(16(20)21)8(13)6-7/h4-6,9H,2-3H2,1H3,(H,17,18)(H2,14,15,19). The third-order valence-electron chi connectivity index (χ3n) is 2.58. The normalized spacial score (nSPS) is 11.5. The number of halogens is 1. The molecular formula is C12H14FN3O5. The molecule has 0 aliphatic rings. The van der Waals surface area contributed by atoms with E-state index in [2.05, 4.69) is 10.6 Å². The largest absolute Gasteiger partial charge is 0.480 e. The van der Waals surface area contributed by atoms with Gasteiger partial charge in [-0.15, -0.1) is 0 Å². The van der Waals surface area contributed by atoms with Gasteiger partial charge in [0, 0.05) is 17.8 Å². The number of carboxylic acid groups (broad SMARTS) is 1. The zero-order chi connectivity index (χ0) is 16.0. The van der Waals surface area contributed by atoms with Gasteiger partial charge in [0.05, 0.1) is 4.92 Å². The number of nitrogens with one attached hydrogen (secondary N) is 2. The van der Waals surface area contributed by atoms with Gasteiger partial charge >= 0.3 is 17.7 Å². The molecule has 0 bridgehead atoms. The molecule has 8 nitrogen and oxygen atoms in total. The molecule has 0 aliphatic heterocycles. The number of nitro groups is 1. The van der Waals surface area contributed by atoms with Gasteiger partial charge in [0.1, 0.15) is 6.04 Å². The van der Waals surface area contributed by atoms with Gasteiger partial charge in [0.25, 0.3) is 0 Å². The molecular weight excluding hydrogens is 285 g/mol. The van der Waals surface area contributed by atoms with Crippen LogP contribution < -0.4 is 10.6 Å². The molecule has 3 N–H and O–H groups in total. The van der Waals surface area contributed by atoms with Crippen LogP contribution in [0.4, 0.5) is 20.6 Å². The van der Waals surface area contributed by atoms with Crippen LogP contribution >= 0.6 is 0 Å². The van der Waals surface area contributed by atoms with E-state index < -0.39 is 34.5 Å². The quantitative estimate of drug-likeness (QED) is 0.548. The Balaban J connectivity index is 2.72. The fourth-order valence-corrected chi connectivity index (χ4v) is 1.60. The first kappa shape index (κ1) is 16.3. The summed E-state index contributed by atoms with van der Waals surface area (Å²) < 4.78 is 13.4. The van der Waals surface area contributed by atoms with Gasteiger partial charge in [-0.2, -0.15) is 4.39 Å². The molecule has 0 radical (unpaired) electrons. The SMILES string of the molecule is CCCC(NC(=O)Nc1ccc([N+](=O)[O-])c(F)c1)C(=O)O. The third-order valence-corrected chi connectivity index (χ3v) is 2.58. The fraction of sp³-hybridized carbons (Fsp3) is 0.333. The molecule has 21 heavy (non-hydrogen) atoms. The van der Waals surface area contributed by atoms with E-state index in [1.165, 1.54) is 0 Å². The topological polar surface area (TPSA) is 122 Å². The highest BCUT2D eigenvalue weighted by molar-refractivity contribution is 5.92. The summed E-state index contributed by atoms with van der Waals surface area (Å²) in [5, 5.41) is 23.8. The molecule has 1 rings (SSSR count). The van der Waals surface area contributed by atoms with E-state index in [0.29, 0.717) is 6.42 Å². The van der Waals surface area contributed by atoms with Crippen molar-refractivity contribution in [1.82, 2.24) is 5.32 Å². The lowest BCUT2D eigenvalue weighted by atomic mass is 10.2. The highest BCUT2D eigenvalue weighted by atomic mass is 19.1. The number of benzene rings is 1. The molecule has 1 atom stereocenters. The van der Waals surface area contributed by atoms with Crippen molar-refractivity contribution in [3.8, 4) is 0 Å². The lowest BCUT2D eigenvalue weighted by Gasteiger charge is -2.14. The maximum absolute atomic E-state index is 13.4. The zero-order valence-electron chi connectivity index (χ0n) is 11.1. The Morgan fingerprint density at radius 3 is 2.62 bits per heavy atom. The molecule has 0 saturated heterocycles. The Labute approximate surface area is 119 Å². The second-order valence-electron chi connectivity index (χ2n) is 4.20. The van der Waals surface area contributed by atoms with Gasteiger partial charge in [0.2, 0.25) is 5.82 Å². The maximum atomic E-state index is 13.4. The number of urea groups is 1. The molecule has 9 heteroatoms. The van der Waals surface area contributed by atoms with Crippen LogP contribution in [-0.2, 0) is 4.79 Å². The third kappa shape index (κ3) is 4.71. The predicted octanol–water partition coefficient (Wildman–Crippen LogP) is 2.11. The Bertz CT molecular complexity index is 564. The first-order valence-electron chi connectivity index (χ1n) is 6.09. The molecule has 1 aromatic rings. The van der Waals surface area contributed by atoms with Gasteiger partial charge in [-0.25, -0.2) is 9.59 Å². The monoisotopic (exact) mass is 299 g/mol. The number of hydrogen-bond acceptors (Lipinski definition) is 4. The number of hydrogen-bond donors (Lipinski definition) is 3. The number of nitrogens with zero attached hydrogens (tertiary/aromatic N) is 1. The Morgan fingerprint density at radius 1 is 1.48 bits per heavy atom. The van der Waals surface area contributed by atoms with E-state index in [9.17, 15) is 24.1 Å². The van der Waals surface area contributed by atoms with Gasteiger partial charge in [-0.05, 0) is 12.5 Å². The minimum absolute atomic E-state index is 0.0174. The Hall–Kier alpha value is -2.71. The molecule has 0 fully saturated rings. The van der Waals surface area contributed by atoms with Crippen LogP contribution in [0.2, 0.25) is 0 Å². The summed E-state index contributed by atoms with van der Waals surface area (Å²) in [6, 6.07) is 0.956. The van der Waals surface area contributed by atoms with Crippen molar-refractivity contribution >= 4 is 23.4 Å². The number of carbonyl (C=O) groups excluding carboxylic acids is 1. The van der Waals surface area contributed by atoms with E-state index >= 15 is 0 Å². The predicted molar refractivity (Wildman–Crippen MR) is 71.5 cm³/mol. The van der Waals surface area contributed by atoms with E-state index in [0.717, 1.165) is 18.2 Å². The number of carbonyl (C=O) groups is 2. The minimum Gasteiger partial charge on any atom is -0.480 e. The van der Waals surface area contributed by atoms with Crippen molar-refractivity contribution in [1.29, 1.82) is 0 Å². The Morgan fingerprint density at radius 2 is 2.14 bits per heavy atom.